The summed E-state index contributed by atoms with van der Waals surface area (Å²) in [6.45, 7) is 5.27. The van der Waals surface area contributed by atoms with Gasteiger partial charge >= 0.3 is 0 Å². The molecule has 0 bridgehead atoms. The van der Waals surface area contributed by atoms with Crippen LogP contribution < -0.4 is 14.8 Å². The van der Waals surface area contributed by atoms with E-state index in [0.29, 0.717) is 43.0 Å². The second-order valence-electron chi connectivity index (χ2n) is 9.70. The number of carbonyl (C=O) groups excluding carboxylic acids is 3. The van der Waals surface area contributed by atoms with E-state index in [0.717, 1.165) is 5.56 Å². The fraction of sp³-hybridized carbons (Fsp3) is 0.444. The van der Waals surface area contributed by atoms with Gasteiger partial charge in [-0.25, -0.2) is 0 Å². The zero-order chi connectivity index (χ0) is 25.3. The highest BCUT2D eigenvalue weighted by atomic mass is 16.7. The second kappa shape index (κ2) is 9.81. The second-order valence-corrected chi connectivity index (χ2v) is 9.70. The maximum Gasteiger partial charge on any atom is 0.256 e. The molecule has 2 saturated heterocycles. The number of piperidine rings is 1. The number of hydrogen-bond acceptors (Lipinski definition) is 6. The van der Waals surface area contributed by atoms with Gasteiger partial charge in [0.15, 0.2) is 11.5 Å². The Morgan fingerprint density at radius 2 is 1.75 bits per heavy atom. The van der Waals surface area contributed by atoms with Crippen molar-refractivity contribution < 1.29 is 28.6 Å². The predicted octanol–water partition coefficient (Wildman–Crippen LogP) is 2.55. The molecule has 0 radical (unpaired) electrons. The van der Waals surface area contributed by atoms with Gasteiger partial charge in [0.05, 0.1) is 6.61 Å². The highest BCUT2D eigenvalue weighted by Gasteiger charge is 2.54. The minimum atomic E-state index is -0.929. The summed E-state index contributed by atoms with van der Waals surface area (Å²) in [5.74, 6) is 0.781. The molecule has 1 spiro atoms. The molecule has 3 amide bonds. The molecule has 1 N–H and O–H groups in total. The van der Waals surface area contributed by atoms with Crippen LogP contribution in [-0.4, -0.2) is 65.8 Å². The predicted molar refractivity (Wildman–Crippen MR) is 130 cm³/mol. The molecule has 2 aromatic carbocycles. The summed E-state index contributed by atoms with van der Waals surface area (Å²) < 4.78 is 17.0. The van der Waals surface area contributed by atoms with Gasteiger partial charge < -0.3 is 24.4 Å². The van der Waals surface area contributed by atoms with E-state index >= 15 is 0 Å². The Labute approximate surface area is 210 Å². The van der Waals surface area contributed by atoms with E-state index in [-0.39, 0.29) is 43.6 Å². The van der Waals surface area contributed by atoms with Crippen LogP contribution in [0.25, 0.3) is 0 Å². The number of nitrogens with zero attached hydrogens (tertiary/aromatic N) is 2. The van der Waals surface area contributed by atoms with Crippen molar-refractivity contribution in [2.45, 2.75) is 45.0 Å². The quantitative estimate of drug-likeness (QED) is 0.688. The van der Waals surface area contributed by atoms with E-state index < -0.39 is 11.8 Å². The Kier molecular flexibility index (Phi) is 6.57. The lowest BCUT2D eigenvalue weighted by atomic mass is 9.95. The van der Waals surface area contributed by atoms with E-state index in [9.17, 15) is 14.4 Å². The first-order chi connectivity index (χ1) is 17.4. The van der Waals surface area contributed by atoms with E-state index in [1.165, 1.54) is 0 Å². The topological polar surface area (TPSA) is 97.4 Å². The molecule has 9 nitrogen and oxygen atoms in total. The number of likely N-dealkylation sites (tertiary alicyclic amines) is 1. The molecule has 3 heterocycles. The molecule has 3 aliphatic rings. The summed E-state index contributed by atoms with van der Waals surface area (Å²) in [7, 11) is 0. The number of fused-ring (bicyclic) bond motifs is 1. The summed E-state index contributed by atoms with van der Waals surface area (Å²) >= 11 is 0. The van der Waals surface area contributed by atoms with Crippen molar-refractivity contribution in [2.24, 2.45) is 5.92 Å². The summed E-state index contributed by atoms with van der Waals surface area (Å²) in [5.41, 5.74) is 0.431. The molecule has 2 aromatic rings. The SMILES string of the molecule is CC(C)C(=O)N1CCC2(CC1)OC[C@H](C(=O)NCc1ccc3c(c1)OCO3)N2C(=O)c1ccccc1. The van der Waals surface area contributed by atoms with Crippen LogP contribution >= 0.6 is 0 Å². The van der Waals surface area contributed by atoms with E-state index in [1.807, 2.05) is 43.0 Å². The van der Waals surface area contributed by atoms with E-state index in [4.69, 9.17) is 14.2 Å². The van der Waals surface area contributed by atoms with E-state index in [1.54, 1.807) is 29.2 Å². The molecule has 36 heavy (non-hydrogen) atoms. The molecule has 0 unspecified atom stereocenters. The molecule has 2 fully saturated rings. The zero-order valence-corrected chi connectivity index (χ0v) is 20.6. The third-order valence-corrected chi connectivity index (χ3v) is 7.06. The molecule has 3 aliphatic heterocycles. The van der Waals surface area contributed by atoms with Gasteiger partial charge in [-0.15, -0.1) is 0 Å². The number of amides is 3. The lowest BCUT2D eigenvalue weighted by Crippen LogP contribution is -2.60. The molecule has 5 rings (SSSR count). The molecule has 0 saturated carbocycles. The first-order valence-corrected chi connectivity index (χ1v) is 12.4. The Bertz CT molecular complexity index is 1140. The van der Waals surface area contributed by atoms with Gasteiger partial charge in [0.2, 0.25) is 18.6 Å². The van der Waals surface area contributed by atoms with Gasteiger partial charge in [0, 0.05) is 44.0 Å². The molecule has 1 atom stereocenters. The fourth-order valence-electron chi connectivity index (χ4n) is 5.09. The average molecular weight is 494 g/mol. The first-order valence-electron chi connectivity index (χ1n) is 12.4. The van der Waals surface area contributed by atoms with Gasteiger partial charge in [0.25, 0.3) is 5.91 Å². The Morgan fingerprint density at radius 1 is 1.03 bits per heavy atom. The highest BCUT2D eigenvalue weighted by Crippen LogP contribution is 2.39. The van der Waals surface area contributed by atoms with Gasteiger partial charge in [-0.3, -0.25) is 19.3 Å². The number of rotatable bonds is 5. The van der Waals surface area contributed by atoms with Crippen LogP contribution in [0.1, 0.15) is 42.6 Å². The van der Waals surface area contributed by atoms with E-state index in [2.05, 4.69) is 5.32 Å². The summed E-state index contributed by atoms with van der Waals surface area (Å²) in [4.78, 5) is 43.0. The van der Waals surface area contributed by atoms with Crippen molar-refractivity contribution in [1.82, 2.24) is 15.1 Å². The monoisotopic (exact) mass is 493 g/mol. The largest absolute Gasteiger partial charge is 0.454 e. The van der Waals surface area contributed by atoms with Crippen LogP contribution in [0.3, 0.4) is 0 Å². The van der Waals surface area contributed by atoms with Gasteiger partial charge in [-0.05, 0) is 29.8 Å². The molecule has 190 valence electrons. The summed E-state index contributed by atoms with van der Waals surface area (Å²) in [6.07, 6.45) is 0.909. The third-order valence-electron chi connectivity index (χ3n) is 7.06. The summed E-state index contributed by atoms with van der Waals surface area (Å²) in [5, 5.41) is 2.96. The molecule has 0 aliphatic carbocycles. The minimum absolute atomic E-state index is 0.0850. The number of nitrogens with one attached hydrogen (secondary N) is 1. The van der Waals surface area contributed by atoms with Crippen LogP contribution in [0.15, 0.2) is 48.5 Å². The van der Waals surface area contributed by atoms with Crippen molar-refractivity contribution in [1.29, 1.82) is 0 Å². The normalized spacial score (nSPS) is 20.1. The maximum absolute atomic E-state index is 13.7. The number of ether oxygens (including phenoxy) is 3. The van der Waals surface area contributed by atoms with Crippen molar-refractivity contribution in [3.05, 3.63) is 59.7 Å². The lowest BCUT2D eigenvalue weighted by Gasteiger charge is -2.44. The van der Waals surface area contributed by atoms with Gasteiger partial charge in [0.1, 0.15) is 11.8 Å². The smallest absolute Gasteiger partial charge is 0.256 e. The Morgan fingerprint density at radius 3 is 2.47 bits per heavy atom. The van der Waals surface area contributed by atoms with Crippen LogP contribution in [0.2, 0.25) is 0 Å². The third kappa shape index (κ3) is 4.51. The average Bonchev–Trinajstić information content (AvgIpc) is 3.52. The zero-order valence-electron chi connectivity index (χ0n) is 20.6. The number of benzene rings is 2. The molecular weight excluding hydrogens is 462 g/mol. The van der Waals surface area contributed by atoms with Crippen molar-refractivity contribution in [2.75, 3.05) is 26.5 Å². The number of hydrogen-bond donors (Lipinski definition) is 1. The lowest BCUT2D eigenvalue weighted by molar-refractivity contribution is -0.146. The molecular formula is C27H31N3O6. The van der Waals surface area contributed by atoms with Crippen LogP contribution in [0, 0.1) is 5.92 Å². The van der Waals surface area contributed by atoms with Crippen molar-refractivity contribution in [3.8, 4) is 11.5 Å². The van der Waals surface area contributed by atoms with Crippen LogP contribution in [-0.2, 0) is 20.9 Å². The summed E-state index contributed by atoms with van der Waals surface area (Å²) in [6, 6.07) is 13.7. The molecule has 0 aromatic heterocycles. The standard InChI is InChI=1S/C27H31N3O6/c1-18(2)25(32)29-12-10-27(11-13-29)30(26(33)20-6-4-3-5-7-20)21(16-36-27)24(31)28-15-19-8-9-22-23(14-19)35-17-34-22/h3-9,14,18,21H,10-13,15-17H2,1-2H3,(H,28,31)/t21-/m1/s1. The maximum atomic E-state index is 13.7. The fourth-order valence-corrected chi connectivity index (χ4v) is 5.09. The highest BCUT2D eigenvalue weighted by molar-refractivity contribution is 5.98. The first kappa shape index (κ1) is 24.1. The van der Waals surface area contributed by atoms with Crippen molar-refractivity contribution >= 4 is 17.7 Å². The van der Waals surface area contributed by atoms with Crippen LogP contribution in [0.5, 0.6) is 11.5 Å². The van der Waals surface area contributed by atoms with Crippen LogP contribution in [0.4, 0.5) is 0 Å². The Balaban J connectivity index is 1.34. The number of carbonyl (C=O) groups is 3. The minimum Gasteiger partial charge on any atom is -0.454 e. The van der Waals surface area contributed by atoms with Gasteiger partial charge in [-0.2, -0.15) is 0 Å². The van der Waals surface area contributed by atoms with Gasteiger partial charge in [-0.1, -0.05) is 38.1 Å². The molecule has 9 heteroatoms. The van der Waals surface area contributed by atoms with Crippen molar-refractivity contribution in [3.63, 3.8) is 0 Å². The Hall–Kier alpha value is -3.59.